The molecule has 0 spiro atoms. The summed E-state index contributed by atoms with van der Waals surface area (Å²) in [6, 6.07) is 6.63. The zero-order valence-electron chi connectivity index (χ0n) is 10.6. The number of hydrogen-bond donors (Lipinski definition) is 2. The molecule has 3 N–H and O–H groups in total. The number of nitrogens with one attached hydrogen (secondary N) is 1. The van der Waals surface area contributed by atoms with Gasteiger partial charge in [0, 0.05) is 18.7 Å². The van der Waals surface area contributed by atoms with Crippen molar-refractivity contribution in [3.05, 3.63) is 46.9 Å². The summed E-state index contributed by atoms with van der Waals surface area (Å²) < 4.78 is 0. The number of nitrogens with two attached hydrogens (primary N) is 1. The highest BCUT2D eigenvalue weighted by atomic mass is 35.5. The summed E-state index contributed by atoms with van der Waals surface area (Å²) in [5.74, 6) is 5.99. The first-order chi connectivity index (χ1) is 9.54. The van der Waals surface area contributed by atoms with Gasteiger partial charge in [0.05, 0.1) is 5.69 Å². The molecule has 0 bridgehead atoms. The number of pyridine rings is 2. The largest absolute Gasteiger partial charge is 0.396 e. The van der Waals surface area contributed by atoms with Crippen LogP contribution < -0.4 is 11.1 Å². The van der Waals surface area contributed by atoms with Crippen molar-refractivity contribution in [1.82, 2.24) is 9.97 Å². The molecule has 0 atom stereocenters. The van der Waals surface area contributed by atoms with Gasteiger partial charge in [0.15, 0.2) is 0 Å². The summed E-state index contributed by atoms with van der Waals surface area (Å²) in [6.07, 6.45) is 1.56. The Labute approximate surface area is 121 Å². The van der Waals surface area contributed by atoms with E-state index in [4.69, 9.17) is 17.3 Å². The average Bonchev–Trinajstić information content (AvgIpc) is 2.39. The van der Waals surface area contributed by atoms with Crippen LogP contribution in [0.25, 0.3) is 0 Å². The topological polar surface area (TPSA) is 80.9 Å². The Morgan fingerprint density at radius 1 is 1.35 bits per heavy atom. The third kappa shape index (κ3) is 3.70. The van der Waals surface area contributed by atoms with Gasteiger partial charge in [-0.2, -0.15) is 0 Å². The molecule has 2 heterocycles. The van der Waals surface area contributed by atoms with Gasteiger partial charge in [-0.05, 0) is 30.2 Å². The first kappa shape index (κ1) is 13.8. The summed E-state index contributed by atoms with van der Waals surface area (Å²) in [4.78, 5) is 19.0. The van der Waals surface area contributed by atoms with Crippen LogP contribution in [0.15, 0.2) is 30.5 Å². The van der Waals surface area contributed by atoms with E-state index in [0.29, 0.717) is 27.9 Å². The average molecular weight is 287 g/mol. The van der Waals surface area contributed by atoms with E-state index in [0.717, 1.165) is 0 Å². The van der Waals surface area contributed by atoms with E-state index in [-0.39, 0.29) is 5.91 Å². The van der Waals surface area contributed by atoms with Gasteiger partial charge in [-0.3, -0.25) is 4.79 Å². The van der Waals surface area contributed by atoms with E-state index in [1.165, 1.54) is 6.92 Å². The van der Waals surface area contributed by atoms with Crippen molar-refractivity contribution in [3.8, 4) is 11.8 Å². The highest BCUT2D eigenvalue weighted by Crippen LogP contribution is 2.12. The van der Waals surface area contributed by atoms with Crippen molar-refractivity contribution in [3.63, 3.8) is 0 Å². The Hall–Kier alpha value is -2.58. The standard InChI is InChI=1S/C14H11ClN4O/c1-9(20)18-14-8-10(6-7-17-14)2-4-12-11(16)3-5-13(15)19-12/h3,5-8H,16H2,1H3,(H,17,18,20). The molecular weight excluding hydrogens is 276 g/mol. The van der Waals surface area contributed by atoms with Gasteiger partial charge in [0.2, 0.25) is 5.91 Å². The fraction of sp³-hybridized carbons (Fsp3) is 0.0714. The molecule has 0 unspecified atom stereocenters. The molecule has 2 rings (SSSR count). The van der Waals surface area contributed by atoms with Gasteiger partial charge in [-0.15, -0.1) is 0 Å². The smallest absolute Gasteiger partial charge is 0.222 e. The highest BCUT2D eigenvalue weighted by Gasteiger charge is 1.99. The van der Waals surface area contributed by atoms with Crippen molar-refractivity contribution in [2.75, 3.05) is 11.1 Å². The molecule has 6 heteroatoms. The quantitative estimate of drug-likeness (QED) is 0.621. The van der Waals surface area contributed by atoms with Gasteiger partial charge < -0.3 is 11.1 Å². The summed E-state index contributed by atoms with van der Waals surface area (Å²) in [5.41, 5.74) is 7.31. The van der Waals surface area contributed by atoms with Gasteiger partial charge in [0.1, 0.15) is 16.7 Å². The minimum absolute atomic E-state index is 0.191. The van der Waals surface area contributed by atoms with Crippen LogP contribution in [-0.2, 0) is 4.79 Å². The Balaban J connectivity index is 2.28. The van der Waals surface area contributed by atoms with Gasteiger partial charge in [-0.25, -0.2) is 9.97 Å². The third-order valence-electron chi connectivity index (χ3n) is 2.28. The first-order valence-corrected chi connectivity index (χ1v) is 6.10. The van der Waals surface area contributed by atoms with Crippen LogP contribution >= 0.6 is 11.6 Å². The fourth-order valence-corrected chi connectivity index (χ4v) is 1.58. The van der Waals surface area contributed by atoms with E-state index in [2.05, 4.69) is 27.1 Å². The van der Waals surface area contributed by atoms with Crippen LogP contribution in [0, 0.1) is 11.8 Å². The summed E-state index contributed by atoms with van der Waals surface area (Å²) in [7, 11) is 0. The maximum atomic E-state index is 11.0. The Morgan fingerprint density at radius 2 is 2.15 bits per heavy atom. The second-order valence-electron chi connectivity index (χ2n) is 3.93. The van der Waals surface area contributed by atoms with Crippen LogP contribution in [0.5, 0.6) is 0 Å². The van der Waals surface area contributed by atoms with E-state index in [9.17, 15) is 4.79 Å². The molecule has 0 aliphatic heterocycles. The second kappa shape index (κ2) is 6.04. The molecule has 5 nitrogen and oxygen atoms in total. The van der Waals surface area contributed by atoms with Crippen molar-refractivity contribution in [2.45, 2.75) is 6.92 Å². The maximum absolute atomic E-state index is 11.0. The minimum Gasteiger partial charge on any atom is -0.396 e. The number of nitrogen functional groups attached to an aromatic ring is 1. The molecule has 0 aromatic carbocycles. The predicted molar refractivity (Wildman–Crippen MR) is 78.2 cm³/mol. The van der Waals surface area contributed by atoms with Crippen LogP contribution in [-0.4, -0.2) is 15.9 Å². The van der Waals surface area contributed by atoms with Gasteiger partial charge in [0.25, 0.3) is 0 Å². The van der Waals surface area contributed by atoms with Crippen LogP contribution in [0.2, 0.25) is 5.15 Å². The van der Waals surface area contributed by atoms with Crippen LogP contribution in [0.1, 0.15) is 18.2 Å². The Morgan fingerprint density at radius 3 is 2.90 bits per heavy atom. The van der Waals surface area contributed by atoms with Gasteiger partial charge >= 0.3 is 0 Å². The number of carbonyl (C=O) groups excluding carboxylic acids is 1. The molecule has 20 heavy (non-hydrogen) atoms. The monoisotopic (exact) mass is 286 g/mol. The van der Waals surface area contributed by atoms with E-state index < -0.39 is 0 Å². The summed E-state index contributed by atoms with van der Waals surface area (Å²) >= 11 is 5.79. The molecule has 0 aliphatic rings. The minimum atomic E-state index is -0.191. The lowest BCUT2D eigenvalue weighted by Crippen LogP contribution is -2.07. The van der Waals surface area contributed by atoms with E-state index in [1.807, 2.05) is 0 Å². The first-order valence-electron chi connectivity index (χ1n) is 5.72. The van der Waals surface area contributed by atoms with Crippen molar-refractivity contribution in [1.29, 1.82) is 0 Å². The summed E-state index contributed by atoms with van der Waals surface area (Å²) in [5, 5.41) is 2.92. The molecule has 1 amide bonds. The molecule has 0 aliphatic carbocycles. The predicted octanol–water partition coefficient (Wildman–Crippen LogP) is 2.07. The second-order valence-corrected chi connectivity index (χ2v) is 4.32. The third-order valence-corrected chi connectivity index (χ3v) is 2.49. The fourth-order valence-electron chi connectivity index (χ4n) is 1.43. The number of aromatic nitrogens is 2. The number of carbonyl (C=O) groups is 1. The number of amides is 1. The molecule has 2 aromatic heterocycles. The van der Waals surface area contributed by atoms with Crippen LogP contribution in [0.4, 0.5) is 11.5 Å². The number of rotatable bonds is 1. The number of halogens is 1. The Kier molecular flexibility index (Phi) is 4.18. The maximum Gasteiger partial charge on any atom is 0.222 e. The molecule has 2 aromatic rings. The number of nitrogens with zero attached hydrogens (tertiary/aromatic N) is 2. The molecule has 0 fully saturated rings. The van der Waals surface area contributed by atoms with E-state index in [1.54, 1.807) is 30.5 Å². The van der Waals surface area contributed by atoms with E-state index >= 15 is 0 Å². The van der Waals surface area contributed by atoms with Crippen molar-refractivity contribution >= 4 is 29.0 Å². The normalized spacial score (nSPS) is 9.50. The molecule has 0 saturated carbocycles. The molecule has 0 saturated heterocycles. The zero-order chi connectivity index (χ0) is 14.5. The highest BCUT2D eigenvalue weighted by molar-refractivity contribution is 6.29. The lowest BCUT2D eigenvalue weighted by molar-refractivity contribution is -0.114. The lowest BCUT2D eigenvalue weighted by Gasteiger charge is -2.00. The van der Waals surface area contributed by atoms with Gasteiger partial charge in [-0.1, -0.05) is 17.5 Å². The SMILES string of the molecule is CC(=O)Nc1cc(C#Cc2nc(Cl)ccc2N)ccn1. The number of hydrogen-bond acceptors (Lipinski definition) is 4. The van der Waals surface area contributed by atoms with Crippen molar-refractivity contribution < 1.29 is 4.79 Å². The zero-order valence-corrected chi connectivity index (χ0v) is 11.4. The number of anilines is 2. The molecular formula is C14H11ClN4O. The Bertz CT molecular complexity index is 719. The molecule has 0 radical (unpaired) electrons. The lowest BCUT2D eigenvalue weighted by atomic mass is 10.2. The summed E-state index contributed by atoms with van der Waals surface area (Å²) in [6.45, 7) is 1.41. The van der Waals surface area contributed by atoms with Crippen LogP contribution in [0.3, 0.4) is 0 Å². The molecule has 100 valence electrons. The van der Waals surface area contributed by atoms with Crippen molar-refractivity contribution in [2.24, 2.45) is 0 Å².